The van der Waals surface area contributed by atoms with Gasteiger partial charge in [0.15, 0.2) is 0 Å². The molecule has 2 rings (SSSR count). The van der Waals surface area contributed by atoms with Crippen molar-refractivity contribution in [2.75, 3.05) is 57.0 Å². The summed E-state index contributed by atoms with van der Waals surface area (Å²) in [4.78, 5) is 13.1. The number of hydrogen-bond acceptors (Lipinski definition) is 6. The average molecular weight is 264 g/mol. The molecule has 0 spiro atoms. The zero-order chi connectivity index (χ0) is 13.7. The predicted molar refractivity (Wildman–Crippen MR) is 78.8 cm³/mol. The summed E-state index contributed by atoms with van der Waals surface area (Å²) in [6.45, 7) is 7.11. The Balaban J connectivity index is 1.98. The second-order valence-electron chi connectivity index (χ2n) is 5.24. The lowest BCUT2D eigenvalue weighted by molar-refractivity contribution is 0.425. The van der Waals surface area contributed by atoms with Crippen molar-refractivity contribution in [1.82, 2.24) is 20.2 Å². The number of piperazine rings is 1. The van der Waals surface area contributed by atoms with Gasteiger partial charge in [-0.05, 0) is 21.0 Å². The Morgan fingerprint density at radius 3 is 3.05 bits per heavy atom. The Morgan fingerprint density at radius 2 is 2.32 bits per heavy atom. The topological polar surface area (TPSA) is 56.3 Å². The van der Waals surface area contributed by atoms with E-state index in [4.69, 9.17) is 0 Å². The van der Waals surface area contributed by atoms with Gasteiger partial charge in [0.05, 0.1) is 0 Å². The van der Waals surface area contributed by atoms with Gasteiger partial charge >= 0.3 is 0 Å². The van der Waals surface area contributed by atoms with Crippen LogP contribution >= 0.6 is 0 Å². The molecule has 0 aliphatic carbocycles. The fraction of sp³-hybridized carbons (Fsp3) is 0.692. The summed E-state index contributed by atoms with van der Waals surface area (Å²) >= 11 is 0. The van der Waals surface area contributed by atoms with Crippen molar-refractivity contribution in [1.29, 1.82) is 0 Å². The number of hydrogen-bond donors (Lipinski definition) is 2. The Morgan fingerprint density at radius 1 is 1.47 bits per heavy atom. The maximum atomic E-state index is 4.39. The fourth-order valence-corrected chi connectivity index (χ4v) is 2.19. The van der Waals surface area contributed by atoms with E-state index in [1.807, 2.05) is 6.07 Å². The summed E-state index contributed by atoms with van der Waals surface area (Å²) in [5, 5.41) is 6.72. The average Bonchev–Trinajstić information content (AvgIpc) is 2.39. The summed E-state index contributed by atoms with van der Waals surface area (Å²) < 4.78 is 0. The third-order valence-electron chi connectivity index (χ3n) is 3.31. The zero-order valence-electron chi connectivity index (χ0n) is 12.1. The van der Waals surface area contributed by atoms with Gasteiger partial charge in [0, 0.05) is 44.8 Å². The van der Waals surface area contributed by atoms with Crippen LogP contribution in [-0.2, 0) is 0 Å². The highest BCUT2D eigenvalue weighted by atomic mass is 15.3. The maximum Gasteiger partial charge on any atom is 0.134 e. The number of rotatable bonds is 5. The first-order valence-electron chi connectivity index (χ1n) is 6.85. The van der Waals surface area contributed by atoms with Gasteiger partial charge in [0.25, 0.3) is 0 Å². The van der Waals surface area contributed by atoms with Crippen LogP contribution in [0.15, 0.2) is 12.4 Å². The standard InChI is InChI=1S/C13H24N6/c1-11-9-14-4-7-19(11)13-8-12(16-10-17-13)15-5-6-18(2)3/h8,10-11,14H,4-7,9H2,1-3H3,(H,15,16,17). The first-order valence-corrected chi connectivity index (χ1v) is 6.85. The van der Waals surface area contributed by atoms with E-state index in [0.29, 0.717) is 6.04 Å². The molecule has 0 saturated carbocycles. The lowest BCUT2D eigenvalue weighted by Crippen LogP contribution is -2.50. The van der Waals surface area contributed by atoms with Crippen molar-refractivity contribution in [2.24, 2.45) is 0 Å². The normalized spacial score (nSPS) is 19.8. The first kappa shape index (κ1) is 14.0. The molecular weight excluding hydrogens is 240 g/mol. The second kappa shape index (κ2) is 6.68. The molecule has 1 aromatic heterocycles. The van der Waals surface area contributed by atoms with E-state index < -0.39 is 0 Å². The van der Waals surface area contributed by atoms with Crippen LogP contribution in [0, 0.1) is 0 Å². The third kappa shape index (κ3) is 4.04. The van der Waals surface area contributed by atoms with Crippen LogP contribution in [0.25, 0.3) is 0 Å². The van der Waals surface area contributed by atoms with Crippen LogP contribution in [0.4, 0.5) is 11.6 Å². The van der Waals surface area contributed by atoms with E-state index in [0.717, 1.165) is 44.4 Å². The van der Waals surface area contributed by atoms with Gasteiger partial charge in [0.1, 0.15) is 18.0 Å². The lowest BCUT2D eigenvalue weighted by atomic mass is 10.2. The maximum absolute atomic E-state index is 4.39. The largest absolute Gasteiger partial charge is 0.369 e. The van der Waals surface area contributed by atoms with Gasteiger partial charge < -0.3 is 20.4 Å². The number of nitrogens with one attached hydrogen (secondary N) is 2. The van der Waals surface area contributed by atoms with Crippen LogP contribution in [-0.4, -0.2) is 67.7 Å². The molecule has 6 heteroatoms. The lowest BCUT2D eigenvalue weighted by Gasteiger charge is -2.34. The quantitative estimate of drug-likeness (QED) is 0.795. The number of nitrogens with zero attached hydrogens (tertiary/aromatic N) is 4. The molecule has 0 amide bonds. The molecule has 6 nitrogen and oxygen atoms in total. The van der Waals surface area contributed by atoms with Crippen molar-refractivity contribution < 1.29 is 0 Å². The molecule has 0 radical (unpaired) electrons. The summed E-state index contributed by atoms with van der Waals surface area (Å²) in [5.74, 6) is 1.91. The SMILES string of the molecule is CC1CNCCN1c1cc(NCCN(C)C)ncn1. The highest BCUT2D eigenvalue weighted by Crippen LogP contribution is 2.17. The molecule has 1 saturated heterocycles. The Kier molecular flexibility index (Phi) is 4.93. The molecule has 0 bridgehead atoms. The molecule has 1 atom stereocenters. The summed E-state index contributed by atoms with van der Waals surface area (Å²) in [7, 11) is 4.13. The van der Waals surface area contributed by atoms with Gasteiger partial charge in [-0.3, -0.25) is 0 Å². The number of likely N-dealkylation sites (N-methyl/N-ethyl adjacent to an activating group) is 1. The van der Waals surface area contributed by atoms with Crippen LogP contribution in [0.3, 0.4) is 0 Å². The molecule has 2 heterocycles. The summed E-state index contributed by atoms with van der Waals surface area (Å²) in [5.41, 5.74) is 0. The molecule has 1 aromatic rings. The molecule has 1 unspecified atom stereocenters. The van der Waals surface area contributed by atoms with Crippen molar-refractivity contribution in [3.05, 3.63) is 12.4 Å². The molecule has 2 N–H and O–H groups in total. The fourth-order valence-electron chi connectivity index (χ4n) is 2.19. The van der Waals surface area contributed by atoms with Crippen LogP contribution in [0.1, 0.15) is 6.92 Å². The molecule has 106 valence electrons. The van der Waals surface area contributed by atoms with E-state index in [-0.39, 0.29) is 0 Å². The third-order valence-corrected chi connectivity index (χ3v) is 3.31. The predicted octanol–water partition coefficient (Wildman–Crippen LogP) is 0.248. The Bertz CT molecular complexity index is 394. The van der Waals surface area contributed by atoms with Crippen molar-refractivity contribution in [3.63, 3.8) is 0 Å². The molecular formula is C13H24N6. The van der Waals surface area contributed by atoms with E-state index in [9.17, 15) is 0 Å². The monoisotopic (exact) mass is 264 g/mol. The van der Waals surface area contributed by atoms with Gasteiger partial charge in [-0.15, -0.1) is 0 Å². The zero-order valence-corrected chi connectivity index (χ0v) is 12.1. The van der Waals surface area contributed by atoms with E-state index in [2.05, 4.69) is 51.4 Å². The van der Waals surface area contributed by atoms with E-state index in [1.54, 1.807) is 6.33 Å². The minimum absolute atomic E-state index is 0.471. The highest BCUT2D eigenvalue weighted by Gasteiger charge is 2.19. The second-order valence-corrected chi connectivity index (χ2v) is 5.24. The molecule has 1 aliphatic rings. The van der Waals surface area contributed by atoms with E-state index in [1.165, 1.54) is 0 Å². The first-order chi connectivity index (χ1) is 9.16. The van der Waals surface area contributed by atoms with Gasteiger partial charge in [-0.25, -0.2) is 9.97 Å². The Labute approximate surface area is 115 Å². The van der Waals surface area contributed by atoms with Crippen molar-refractivity contribution >= 4 is 11.6 Å². The van der Waals surface area contributed by atoms with Crippen molar-refractivity contribution in [3.8, 4) is 0 Å². The van der Waals surface area contributed by atoms with Gasteiger partial charge in [-0.1, -0.05) is 0 Å². The van der Waals surface area contributed by atoms with Crippen molar-refractivity contribution in [2.45, 2.75) is 13.0 Å². The molecule has 1 aliphatic heterocycles. The van der Waals surface area contributed by atoms with Crippen LogP contribution < -0.4 is 15.5 Å². The molecule has 1 fully saturated rings. The van der Waals surface area contributed by atoms with E-state index >= 15 is 0 Å². The minimum atomic E-state index is 0.471. The smallest absolute Gasteiger partial charge is 0.134 e. The van der Waals surface area contributed by atoms with Crippen LogP contribution in [0.2, 0.25) is 0 Å². The minimum Gasteiger partial charge on any atom is -0.369 e. The molecule has 0 aromatic carbocycles. The summed E-state index contributed by atoms with van der Waals surface area (Å²) in [6.07, 6.45) is 1.64. The number of anilines is 2. The summed E-state index contributed by atoms with van der Waals surface area (Å²) in [6, 6.07) is 2.51. The Hall–Kier alpha value is -1.40. The van der Waals surface area contributed by atoms with Gasteiger partial charge in [-0.2, -0.15) is 0 Å². The number of aromatic nitrogens is 2. The van der Waals surface area contributed by atoms with Crippen LogP contribution in [0.5, 0.6) is 0 Å². The molecule has 19 heavy (non-hydrogen) atoms. The highest BCUT2D eigenvalue weighted by molar-refractivity contribution is 5.49. The van der Waals surface area contributed by atoms with Gasteiger partial charge in [0.2, 0.25) is 0 Å².